The van der Waals surface area contributed by atoms with Gasteiger partial charge in [0.05, 0.1) is 27.9 Å². The monoisotopic (exact) mass is 700 g/mol. The molecule has 1 amide bonds. The number of hydrogen-bond donors (Lipinski definition) is 0. The number of carbonyl (C=O) groups is 1. The van der Waals surface area contributed by atoms with Crippen LogP contribution in [0.4, 0.5) is 10.5 Å². The number of ether oxygens (including phenoxy) is 2. The molecule has 264 valence electrons. The van der Waals surface area contributed by atoms with Crippen LogP contribution in [0.1, 0.15) is 81.4 Å². The first kappa shape index (κ1) is 37.9. The van der Waals surface area contributed by atoms with Crippen LogP contribution in [-0.2, 0) is 4.74 Å². The van der Waals surface area contributed by atoms with Gasteiger partial charge in [0, 0.05) is 55.8 Å². The standard InChI is InChI=1S/C38H54Cl2N4O4/c1-26(2)35(48-36(46)44(27(3)4)38(8,9)37(5,6)7)43-32-25-29(17-15-28(32)16-18-33(43)45)47-24-11-10-19-41-20-22-42(23-21-41)31-14-12-13-30(39)34(31)40/h12-18,25-27,35H,10-11,19-24H2,1-9H3. The summed E-state index contributed by atoms with van der Waals surface area (Å²) in [4.78, 5) is 33.8. The van der Waals surface area contributed by atoms with Gasteiger partial charge in [-0.3, -0.25) is 14.3 Å². The summed E-state index contributed by atoms with van der Waals surface area (Å²) >= 11 is 12.7. The molecule has 0 saturated carbocycles. The fraction of sp³-hybridized carbons (Fsp3) is 0.579. The Morgan fingerprint density at radius 1 is 0.917 bits per heavy atom. The summed E-state index contributed by atoms with van der Waals surface area (Å²) in [6, 6.07) is 14.8. The fourth-order valence-corrected chi connectivity index (χ4v) is 6.67. The van der Waals surface area contributed by atoms with Crippen LogP contribution in [-0.4, -0.2) is 71.4 Å². The molecule has 1 saturated heterocycles. The van der Waals surface area contributed by atoms with Crippen LogP contribution in [0.2, 0.25) is 10.0 Å². The van der Waals surface area contributed by atoms with Crippen molar-refractivity contribution in [1.82, 2.24) is 14.4 Å². The highest BCUT2D eigenvalue weighted by atomic mass is 35.5. The summed E-state index contributed by atoms with van der Waals surface area (Å²) in [5.41, 5.74) is 0.751. The zero-order valence-corrected chi connectivity index (χ0v) is 31.7. The Morgan fingerprint density at radius 3 is 2.21 bits per heavy atom. The van der Waals surface area contributed by atoms with Crippen molar-refractivity contribution in [1.29, 1.82) is 0 Å². The second-order valence-corrected chi connectivity index (χ2v) is 15.8. The first-order chi connectivity index (χ1) is 22.5. The second-order valence-electron chi connectivity index (χ2n) is 15.0. The molecule has 1 aliphatic heterocycles. The number of halogens is 2. The molecule has 1 aromatic heterocycles. The van der Waals surface area contributed by atoms with Gasteiger partial charge in [0.25, 0.3) is 5.56 Å². The predicted molar refractivity (Wildman–Crippen MR) is 199 cm³/mol. The maximum Gasteiger partial charge on any atom is 0.412 e. The van der Waals surface area contributed by atoms with E-state index in [4.69, 9.17) is 32.7 Å². The number of unbranched alkanes of at least 4 members (excludes halogenated alkanes) is 1. The SMILES string of the molecule is CC(C)C(OC(=O)N(C(C)C)C(C)(C)C(C)(C)C)n1c(=O)ccc2ccc(OCCCCN3CCN(c4cccc(Cl)c4Cl)CC3)cc21. The molecule has 0 aliphatic carbocycles. The summed E-state index contributed by atoms with van der Waals surface area (Å²) in [7, 11) is 0. The van der Waals surface area contributed by atoms with Crippen LogP contribution in [0.3, 0.4) is 0 Å². The summed E-state index contributed by atoms with van der Waals surface area (Å²) in [5, 5.41) is 2.08. The number of pyridine rings is 1. The van der Waals surface area contributed by atoms with Gasteiger partial charge in [-0.05, 0) is 88.2 Å². The first-order valence-corrected chi connectivity index (χ1v) is 18.0. The van der Waals surface area contributed by atoms with Crippen LogP contribution in [0.25, 0.3) is 10.9 Å². The van der Waals surface area contributed by atoms with Crippen molar-refractivity contribution in [2.45, 2.75) is 93.0 Å². The van der Waals surface area contributed by atoms with Gasteiger partial charge in [-0.1, -0.05) is 63.9 Å². The molecule has 0 bridgehead atoms. The summed E-state index contributed by atoms with van der Waals surface area (Å²) < 4.78 is 14.0. The summed E-state index contributed by atoms with van der Waals surface area (Å²) in [5.74, 6) is 0.526. The number of benzene rings is 2. The minimum absolute atomic E-state index is 0.0959. The number of piperazine rings is 1. The van der Waals surface area contributed by atoms with Crippen molar-refractivity contribution in [2.75, 3.05) is 44.2 Å². The zero-order valence-electron chi connectivity index (χ0n) is 30.2. The topological polar surface area (TPSA) is 67.2 Å². The van der Waals surface area contributed by atoms with Gasteiger partial charge in [-0.15, -0.1) is 0 Å². The van der Waals surface area contributed by atoms with Crippen molar-refractivity contribution in [3.63, 3.8) is 0 Å². The molecule has 1 atom stereocenters. The molecule has 0 spiro atoms. The highest BCUT2D eigenvalue weighted by molar-refractivity contribution is 6.43. The number of nitrogens with zero attached hydrogens (tertiary/aromatic N) is 4. The van der Waals surface area contributed by atoms with E-state index in [1.807, 2.05) is 64.1 Å². The van der Waals surface area contributed by atoms with E-state index in [9.17, 15) is 9.59 Å². The van der Waals surface area contributed by atoms with Gasteiger partial charge >= 0.3 is 6.09 Å². The molecule has 1 unspecified atom stereocenters. The number of amides is 1. The van der Waals surface area contributed by atoms with E-state index in [0.29, 0.717) is 27.9 Å². The van der Waals surface area contributed by atoms with Crippen LogP contribution in [0.5, 0.6) is 5.75 Å². The molecule has 1 fully saturated rings. The van der Waals surface area contributed by atoms with Crippen LogP contribution in [0.15, 0.2) is 53.3 Å². The lowest BCUT2D eigenvalue weighted by atomic mass is 9.74. The number of rotatable bonds is 12. The highest BCUT2D eigenvalue weighted by Crippen LogP contribution is 2.38. The minimum atomic E-state index is -0.795. The van der Waals surface area contributed by atoms with Crippen molar-refractivity contribution in [2.24, 2.45) is 11.3 Å². The Hall–Kier alpha value is -2.94. The fourth-order valence-electron chi connectivity index (χ4n) is 6.25. The van der Waals surface area contributed by atoms with Crippen LogP contribution >= 0.6 is 23.2 Å². The lowest BCUT2D eigenvalue weighted by molar-refractivity contribution is -0.0457. The maximum atomic E-state index is 13.9. The van der Waals surface area contributed by atoms with E-state index in [1.165, 1.54) is 6.07 Å². The number of fused-ring (bicyclic) bond motifs is 1. The predicted octanol–water partition coefficient (Wildman–Crippen LogP) is 9.12. The molecule has 2 aromatic carbocycles. The Balaban J connectivity index is 1.40. The lowest BCUT2D eigenvalue weighted by Gasteiger charge is -2.49. The van der Waals surface area contributed by atoms with E-state index in [2.05, 4.69) is 44.4 Å². The maximum absolute atomic E-state index is 13.9. The van der Waals surface area contributed by atoms with Gasteiger partial charge in [0.2, 0.25) is 0 Å². The van der Waals surface area contributed by atoms with Gasteiger partial charge in [0.1, 0.15) is 5.75 Å². The van der Waals surface area contributed by atoms with Crippen LogP contribution in [0, 0.1) is 11.3 Å². The highest BCUT2D eigenvalue weighted by Gasteiger charge is 2.44. The van der Waals surface area contributed by atoms with Gasteiger partial charge < -0.3 is 19.3 Å². The molecule has 4 rings (SSSR count). The Kier molecular flexibility index (Phi) is 12.4. The largest absolute Gasteiger partial charge is 0.494 e. The smallest absolute Gasteiger partial charge is 0.412 e. The normalized spacial score (nSPS) is 15.3. The van der Waals surface area contributed by atoms with E-state index < -0.39 is 17.9 Å². The molecule has 0 N–H and O–H groups in total. The number of carbonyl (C=O) groups excluding carboxylic acids is 1. The molecule has 0 radical (unpaired) electrons. The van der Waals surface area contributed by atoms with Crippen molar-refractivity contribution in [3.05, 3.63) is 68.9 Å². The molecule has 48 heavy (non-hydrogen) atoms. The third-order valence-electron chi connectivity index (χ3n) is 9.88. The zero-order chi connectivity index (χ0) is 35.4. The number of anilines is 1. The molecule has 1 aliphatic rings. The molecule has 10 heteroatoms. The Labute approximate surface area is 296 Å². The summed E-state index contributed by atoms with van der Waals surface area (Å²) in [6.07, 6.45) is 0.686. The van der Waals surface area contributed by atoms with E-state index >= 15 is 0 Å². The Bertz CT molecular complexity index is 1610. The average Bonchev–Trinajstić information content (AvgIpc) is 3.01. The van der Waals surface area contributed by atoms with E-state index in [-0.39, 0.29) is 22.9 Å². The average molecular weight is 702 g/mol. The Morgan fingerprint density at radius 2 is 1.58 bits per heavy atom. The molecular weight excluding hydrogens is 647 g/mol. The van der Waals surface area contributed by atoms with Gasteiger partial charge in [-0.2, -0.15) is 0 Å². The van der Waals surface area contributed by atoms with Gasteiger partial charge in [-0.25, -0.2) is 4.79 Å². The number of aromatic nitrogens is 1. The van der Waals surface area contributed by atoms with Crippen molar-refractivity contribution < 1.29 is 14.3 Å². The minimum Gasteiger partial charge on any atom is -0.494 e. The third-order valence-corrected chi connectivity index (χ3v) is 10.7. The molecule has 8 nitrogen and oxygen atoms in total. The second kappa shape index (κ2) is 15.7. The molecule has 3 aromatic rings. The lowest BCUT2D eigenvalue weighted by Crippen LogP contribution is -2.58. The molecule has 2 heterocycles. The third kappa shape index (κ3) is 8.61. The quantitative estimate of drug-likeness (QED) is 0.176. The van der Waals surface area contributed by atoms with Gasteiger partial charge in [0.15, 0.2) is 6.23 Å². The summed E-state index contributed by atoms with van der Waals surface area (Å²) in [6.45, 7) is 23.7. The van der Waals surface area contributed by atoms with Crippen LogP contribution < -0.4 is 15.2 Å². The first-order valence-electron chi connectivity index (χ1n) is 17.2. The number of hydrogen-bond acceptors (Lipinski definition) is 6. The molecular formula is C38H54Cl2N4O4. The van der Waals surface area contributed by atoms with Crippen molar-refractivity contribution >= 4 is 45.9 Å². The van der Waals surface area contributed by atoms with E-state index in [1.54, 1.807) is 15.5 Å². The van der Waals surface area contributed by atoms with E-state index in [0.717, 1.165) is 56.6 Å². The van der Waals surface area contributed by atoms with Crippen molar-refractivity contribution in [3.8, 4) is 5.75 Å².